The molecule has 0 bridgehead atoms. The maximum Gasteiger partial charge on any atom is 0.256 e. The normalized spacial score (nSPS) is 10.7. The number of benzene rings is 1. The molecule has 3 N–H and O–H groups in total. The Bertz CT molecular complexity index is 601. The van der Waals surface area contributed by atoms with Crippen molar-refractivity contribution in [3.05, 3.63) is 41.7 Å². The maximum atomic E-state index is 12.2. The van der Waals surface area contributed by atoms with Crippen LogP contribution in [0.1, 0.15) is 35.8 Å². The Morgan fingerprint density at radius 2 is 2.16 bits per heavy atom. The number of carbonyl (C=O) groups is 1. The van der Waals surface area contributed by atoms with E-state index in [9.17, 15) is 4.79 Å². The van der Waals surface area contributed by atoms with E-state index in [0.717, 1.165) is 5.56 Å². The Balaban J connectivity index is 2.18. The smallest absolute Gasteiger partial charge is 0.256 e. The summed E-state index contributed by atoms with van der Waals surface area (Å²) in [5, 5.41) is 7.00. The first-order valence-electron chi connectivity index (χ1n) is 6.19. The predicted molar refractivity (Wildman–Crippen MR) is 76.2 cm³/mol. The summed E-state index contributed by atoms with van der Waals surface area (Å²) in [7, 11) is 0. The van der Waals surface area contributed by atoms with Gasteiger partial charge in [-0.05, 0) is 38.5 Å². The molecule has 0 saturated heterocycles. The highest BCUT2D eigenvalue weighted by molar-refractivity contribution is 6.05. The summed E-state index contributed by atoms with van der Waals surface area (Å²) in [6, 6.07) is 5.56. The Morgan fingerprint density at radius 1 is 1.42 bits per heavy atom. The first kappa shape index (κ1) is 13.1. The summed E-state index contributed by atoms with van der Waals surface area (Å²) in [6.07, 6.45) is 3.45. The van der Waals surface area contributed by atoms with Crippen LogP contribution in [-0.2, 0) is 0 Å². The minimum atomic E-state index is -0.173. The molecule has 0 saturated carbocycles. The molecule has 0 aliphatic carbocycles. The standard InChI is InChI=1S/C14H18N4O/c1-9(2)18-8-12(7-16-18)17-14(19)13-6-11(15)5-4-10(13)3/h4-9H,15H2,1-3H3,(H,17,19). The molecule has 19 heavy (non-hydrogen) atoms. The second-order valence-corrected chi connectivity index (χ2v) is 4.83. The summed E-state index contributed by atoms with van der Waals surface area (Å²) in [6.45, 7) is 5.94. The lowest BCUT2D eigenvalue weighted by Crippen LogP contribution is -2.13. The van der Waals surface area contributed by atoms with Gasteiger partial charge in [-0.3, -0.25) is 9.48 Å². The van der Waals surface area contributed by atoms with E-state index in [0.29, 0.717) is 16.9 Å². The minimum absolute atomic E-state index is 0.173. The number of nitrogens with one attached hydrogen (secondary N) is 1. The summed E-state index contributed by atoms with van der Waals surface area (Å²) in [4.78, 5) is 12.2. The molecule has 2 aromatic rings. The van der Waals surface area contributed by atoms with Gasteiger partial charge in [0.2, 0.25) is 0 Å². The third kappa shape index (κ3) is 2.93. The molecule has 1 aromatic carbocycles. The highest BCUT2D eigenvalue weighted by Gasteiger charge is 2.11. The Morgan fingerprint density at radius 3 is 2.79 bits per heavy atom. The first-order chi connectivity index (χ1) is 8.97. The van der Waals surface area contributed by atoms with Crippen molar-refractivity contribution in [2.24, 2.45) is 0 Å². The van der Waals surface area contributed by atoms with Crippen molar-refractivity contribution in [3.8, 4) is 0 Å². The third-order valence-corrected chi connectivity index (χ3v) is 2.89. The monoisotopic (exact) mass is 258 g/mol. The quantitative estimate of drug-likeness (QED) is 0.831. The van der Waals surface area contributed by atoms with Gasteiger partial charge in [0.1, 0.15) is 0 Å². The van der Waals surface area contributed by atoms with E-state index in [2.05, 4.69) is 10.4 Å². The van der Waals surface area contributed by atoms with E-state index in [-0.39, 0.29) is 11.9 Å². The molecule has 0 unspecified atom stereocenters. The second-order valence-electron chi connectivity index (χ2n) is 4.83. The molecule has 5 heteroatoms. The Hall–Kier alpha value is -2.30. The number of hydrogen-bond donors (Lipinski definition) is 2. The lowest BCUT2D eigenvalue weighted by atomic mass is 10.1. The summed E-state index contributed by atoms with van der Waals surface area (Å²) >= 11 is 0. The molecule has 0 spiro atoms. The molecule has 0 fully saturated rings. The molecule has 1 aromatic heterocycles. The van der Waals surface area contributed by atoms with Crippen LogP contribution in [-0.4, -0.2) is 15.7 Å². The van der Waals surface area contributed by atoms with Crippen LogP contribution in [0, 0.1) is 6.92 Å². The SMILES string of the molecule is Cc1ccc(N)cc1C(=O)Nc1cnn(C(C)C)c1. The summed E-state index contributed by atoms with van der Waals surface area (Å²) in [5.74, 6) is -0.173. The van der Waals surface area contributed by atoms with Gasteiger partial charge in [-0.2, -0.15) is 5.10 Å². The number of hydrogen-bond acceptors (Lipinski definition) is 3. The van der Waals surface area contributed by atoms with E-state index in [1.807, 2.05) is 33.0 Å². The molecule has 0 atom stereocenters. The van der Waals surface area contributed by atoms with E-state index in [1.54, 1.807) is 23.0 Å². The number of anilines is 2. The van der Waals surface area contributed by atoms with Crippen molar-refractivity contribution < 1.29 is 4.79 Å². The zero-order chi connectivity index (χ0) is 14.0. The lowest BCUT2D eigenvalue weighted by molar-refractivity contribution is 0.102. The van der Waals surface area contributed by atoms with Gasteiger partial charge >= 0.3 is 0 Å². The number of rotatable bonds is 3. The number of aryl methyl sites for hydroxylation is 1. The van der Waals surface area contributed by atoms with E-state index in [4.69, 9.17) is 5.73 Å². The van der Waals surface area contributed by atoms with Gasteiger partial charge in [0, 0.05) is 23.5 Å². The fourth-order valence-electron chi connectivity index (χ4n) is 1.77. The molecule has 0 aliphatic rings. The van der Waals surface area contributed by atoms with Crippen molar-refractivity contribution in [2.45, 2.75) is 26.8 Å². The van der Waals surface area contributed by atoms with Crippen molar-refractivity contribution in [2.75, 3.05) is 11.1 Å². The second kappa shape index (κ2) is 5.14. The van der Waals surface area contributed by atoms with E-state index < -0.39 is 0 Å². The predicted octanol–water partition coefficient (Wildman–Crippen LogP) is 2.61. The van der Waals surface area contributed by atoms with Crippen molar-refractivity contribution in [3.63, 3.8) is 0 Å². The van der Waals surface area contributed by atoms with E-state index >= 15 is 0 Å². The van der Waals surface area contributed by atoms with Gasteiger partial charge in [-0.25, -0.2) is 0 Å². The van der Waals surface area contributed by atoms with Gasteiger partial charge in [-0.1, -0.05) is 6.07 Å². The van der Waals surface area contributed by atoms with E-state index in [1.165, 1.54) is 0 Å². The largest absolute Gasteiger partial charge is 0.399 e. The minimum Gasteiger partial charge on any atom is -0.399 e. The molecule has 5 nitrogen and oxygen atoms in total. The zero-order valence-corrected chi connectivity index (χ0v) is 11.3. The topological polar surface area (TPSA) is 72.9 Å². The van der Waals surface area contributed by atoms with Crippen LogP contribution in [0.25, 0.3) is 0 Å². The lowest BCUT2D eigenvalue weighted by Gasteiger charge is -2.07. The van der Waals surface area contributed by atoms with Crippen molar-refractivity contribution in [1.82, 2.24) is 9.78 Å². The average Bonchev–Trinajstić information content (AvgIpc) is 2.80. The number of nitrogen functional groups attached to an aromatic ring is 1. The highest BCUT2D eigenvalue weighted by Crippen LogP contribution is 2.16. The molecular formula is C14H18N4O. The first-order valence-corrected chi connectivity index (χ1v) is 6.19. The molecule has 100 valence electrons. The average molecular weight is 258 g/mol. The fraction of sp³-hybridized carbons (Fsp3) is 0.286. The van der Waals surface area contributed by atoms with Gasteiger partial charge in [0.05, 0.1) is 11.9 Å². The number of amides is 1. The van der Waals surface area contributed by atoms with Crippen LogP contribution >= 0.6 is 0 Å². The van der Waals surface area contributed by atoms with Gasteiger partial charge in [-0.15, -0.1) is 0 Å². The van der Waals surface area contributed by atoms with Crippen molar-refractivity contribution in [1.29, 1.82) is 0 Å². The van der Waals surface area contributed by atoms with Crippen LogP contribution < -0.4 is 11.1 Å². The zero-order valence-electron chi connectivity index (χ0n) is 11.3. The van der Waals surface area contributed by atoms with Gasteiger partial charge in [0.15, 0.2) is 0 Å². The Kier molecular flexibility index (Phi) is 3.55. The summed E-state index contributed by atoms with van der Waals surface area (Å²) in [5.41, 5.74) is 8.44. The van der Waals surface area contributed by atoms with Gasteiger partial charge in [0.25, 0.3) is 5.91 Å². The fourth-order valence-corrected chi connectivity index (χ4v) is 1.77. The van der Waals surface area contributed by atoms with Crippen LogP contribution in [0.3, 0.4) is 0 Å². The van der Waals surface area contributed by atoms with Crippen molar-refractivity contribution >= 4 is 17.3 Å². The van der Waals surface area contributed by atoms with Crippen LogP contribution in [0.5, 0.6) is 0 Å². The molecule has 0 aliphatic heterocycles. The highest BCUT2D eigenvalue weighted by atomic mass is 16.1. The summed E-state index contributed by atoms with van der Waals surface area (Å²) < 4.78 is 1.79. The molecular weight excluding hydrogens is 240 g/mol. The number of carbonyl (C=O) groups excluding carboxylic acids is 1. The number of nitrogens with two attached hydrogens (primary N) is 1. The molecule has 1 heterocycles. The molecule has 1 amide bonds. The molecule has 2 rings (SSSR count). The van der Waals surface area contributed by atoms with Gasteiger partial charge < -0.3 is 11.1 Å². The maximum absolute atomic E-state index is 12.2. The molecule has 0 radical (unpaired) electrons. The van der Waals surface area contributed by atoms with Crippen LogP contribution in [0.2, 0.25) is 0 Å². The third-order valence-electron chi connectivity index (χ3n) is 2.89. The van der Waals surface area contributed by atoms with Crippen LogP contribution in [0.4, 0.5) is 11.4 Å². The van der Waals surface area contributed by atoms with Crippen LogP contribution in [0.15, 0.2) is 30.6 Å². The Labute approximate surface area is 112 Å². The number of nitrogens with zero attached hydrogens (tertiary/aromatic N) is 2. The number of aromatic nitrogens is 2.